The predicted octanol–water partition coefficient (Wildman–Crippen LogP) is 1.40. The lowest BCUT2D eigenvalue weighted by Crippen LogP contribution is -2.26. The third-order valence-electron chi connectivity index (χ3n) is 1.94. The monoisotopic (exact) mass is 191 g/mol. The highest BCUT2D eigenvalue weighted by atomic mass is 19.1. The van der Waals surface area contributed by atoms with E-state index in [1.54, 1.807) is 35.5 Å². The van der Waals surface area contributed by atoms with E-state index in [0.29, 0.717) is 18.1 Å². The highest BCUT2D eigenvalue weighted by Crippen LogP contribution is 2.17. The number of allylic oxidation sites excluding steroid dienone is 2. The van der Waals surface area contributed by atoms with Crippen LogP contribution in [0, 0.1) is 5.82 Å². The van der Waals surface area contributed by atoms with E-state index < -0.39 is 0 Å². The Morgan fingerprint density at radius 1 is 1.50 bits per heavy atom. The average Bonchev–Trinajstić information content (AvgIpc) is 2.18. The van der Waals surface area contributed by atoms with Crippen molar-refractivity contribution in [3.8, 4) is 0 Å². The SMILES string of the molecule is NC1=CC=CN(c2ncccc2F)C1. The van der Waals surface area contributed by atoms with Crippen LogP contribution in [0.25, 0.3) is 0 Å². The van der Waals surface area contributed by atoms with Crippen LogP contribution in [0.5, 0.6) is 0 Å². The molecule has 0 saturated heterocycles. The molecule has 0 saturated carbocycles. The number of hydrogen-bond acceptors (Lipinski definition) is 3. The summed E-state index contributed by atoms with van der Waals surface area (Å²) in [6.07, 6.45) is 6.87. The number of pyridine rings is 1. The predicted molar refractivity (Wildman–Crippen MR) is 53.0 cm³/mol. The Kier molecular flexibility index (Phi) is 2.18. The molecular weight excluding hydrogens is 181 g/mol. The topological polar surface area (TPSA) is 42.1 Å². The van der Waals surface area contributed by atoms with Crippen molar-refractivity contribution in [2.24, 2.45) is 5.73 Å². The van der Waals surface area contributed by atoms with Gasteiger partial charge in [0, 0.05) is 18.1 Å². The number of hydrogen-bond donors (Lipinski definition) is 1. The molecule has 0 spiro atoms. The third kappa shape index (κ3) is 1.59. The van der Waals surface area contributed by atoms with E-state index in [-0.39, 0.29) is 5.82 Å². The van der Waals surface area contributed by atoms with Crippen molar-refractivity contribution in [1.82, 2.24) is 4.98 Å². The van der Waals surface area contributed by atoms with Gasteiger partial charge >= 0.3 is 0 Å². The molecule has 0 fully saturated rings. The van der Waals surface area contributed by atoms with E-state index in [1.807, 2.05) is 0 Å². The van der Waals surface area contributed by atoms with Crippen LogP contribution in [-0.4, -0.2) is 11.5 Å². The van der Waals surface area contributed by atoms with Crippen LogP contribution in [0.2, 0.25) is 0 Å². The largest absolute Gasteiger partial charge is 0.401 e. The van der Waals surface area contributed by atoms with E-state index in [1.165, 1.54) is 6.07 Å². The van der Waals surface area contributed by atoms with Gasteiger partial charge in [0.1, 0.15) is 0 Å². The molecule has 0 bridgehead atoms. The van der Waals surface area contributed by atoms with Gasteiger partial charge in [-0.2, -0.15) is 0 Å². The summed E-state index contributed by atoms with van der Waals surface area (Å²) in [6, 6.07) is 2.94. The van der Waals surface area contributed by atoms with Crippen molar-refractivity contribution in [1.29, 1.82) is 0 Å². The maximum atomic E-state index is 13.3. The van der Waals surface area contributed by atoms with Crippen LogP contribution < -0.4 is 10.6 Å². The Balaban J connectivity index is 2.29. The maximum absolute atomic E-state index is 13.3. The fourth-order valence-corrected chi connectivity index (χ4v) is 1.31. The Morgan fingerprint density at radius 3 is 3.07 bits per heavy atom. The van der Waals surface area contributed by atoms with Crippen molar-refractivity contribution in [2.75, 3.05) is 11.4 Å². The van der Waals surface area contributed by atoms with Crippen LogP contribution in [0.3, 0.4) is 0 Å². The quantitative estimate of drug-likeness (QED) is 0.729. The molecule has 0 aliphatic carbocycles. The Bertz CT molecular complexity index is 398. The van der Waals surface area contributed by atoms with Crippen LogP contribution in [0.15, 0.2) is 42.4 Å². The van der Waals surface area contributed by atoms with Gasteiger partial charge in [-0.15, -0.1) is 0 Å². The first kappa shape index (κ1) is 8.74. The molecule has 2 heterocycles. The minimum absolute atomic E-state index is 0.305. The zero-order valence-electron chi connectivity index (χ0n) is 7.52. The molecule has 3 nitrogen and oxygen atoms in total. The van der Waals surface area contributed by atoms with Crippen LogP contribution in [0.4, 0.5) is 10.2 Å². The standard InChI is InChI=1S/C10H10FN3/c11-9-4-1-5-13-10(9)14-6-2-3-8(12)7-14/h1-6H,7,12H2. The molecule has 4 heteroatoms. The zero-order chi connectivity index (χ0) is 9.97. The number of aromatic nitrogens is 1. The summed E-state index contributed by atoms with van der Waals surface area (Å²) in [7, 11) is 0. The molecule has 0 atom stereocenters. The van der Waals surface area contributed by atoms with E-state index in [2.05, 4.69) is 4.98 Å². The minimum atomic E-state index is -0.341. The van der Waals surface area contributed by atoms with Crippen molar-refractivity contribution in [3.05, 3.63) is 48.2 Å². The van der Waals surface area contributed by atoms with Gasteiger partial charge in [0.2, 0.25) is 0 Å². The molecule has 72 valence electrons. The lowest BCUT2D eigenvalue weighted by molar-refractivity contribution is 0.618. The van der Waals surface area contributed by atoms with Crippen LogP contribution in [0.1, 0.15) is 0 Å². The molecule has 2 rings (SSSR count). The van der Waals surface area contributed by atoms with Crippen molar-refractivity contribution in [3.63, 3.8) is 0 Å². The van der Waals surface area contributed by atoms with Crippen molar-refractivity contribution >= 4 is 5.82 Å². The molecule has 0 radical (unpaired) electrons. The fraction of sp³-hybridized carbons (Fsp3) is 0.100. The summed E-state index contributed by atoms with van der Waals surface area (Å²) in [4.78, 5) is 5.62. The smallest absolute Gasteiger partial charge is 0.169 e. The highest BCUT2D eigenvalue weighted by Gasteiger charge is 2.12. The number of anilines is 1. The second-order valence-electron chi connectivity index (χ2n) is 3.02. The van der Waals surface area contributed by atoms with Gasteiger partial charge in [-0.3, -0.25) is 0 Å². The number of halogens is 1. The zero-order valence-corrected chi connectivity index (χ0v) is 7.52. The highest BCUT2D eigenvalue weighted by molar-refractivity contribution is 5.47. The second-order valence-corrected chi connectivity index (χ2v) is 3.02. The van der Waals surface area contributed by atoms with E-state index >= 15 is 0 Å². The Morgan fingerprint density at radius 2 is 2.36 bits per heavy atom. The number of nitrogens with zero attached hydrogens (tertiary/aromatic N) is 2. The molecule has 14 heavy (non-hydrogen) atoms. The summed E-state index contributed by atoms with van der Waals surface area (Å²) in [5.41, 5.74) is 6.32. The van der Waals surface area contributed by atoms with Crippen LogP contribution >= 0.6 is 0 Å². The summed E-state index contributed by atoms with van der Waals surface area (Å²) in [6.45, 7) is 0.477. The third-order valence-corrected chi connectivity index (χ3v) is 1.94. The Labute approximate surface area is 81.4 Å². The minimum Gasteiger partial charge on any atom is -0.401 e. The number of nitrogens with two attached hydrogens (primary N) is 1. The van der Waals surface area contributed by atoms with Crippen LogP contribution in [-0.2, 0) is 0 Å². The van der Waals surface area contributed by atoms with Gasteiger partial charge in [0.25, 0.3) is 0 Å². The lowest BCUT2D eigenvalue weighted by atomic mass is 10.3. The fourth-order valence-electron chi connectivity index (χ4n) is 1.31. The van der Waals surface area contributed by atoms with E-state index in [9.17, 15) is 4.39 Å². The van der Waals surface area contributed by atoms with Gasteiger partial charge in [0.15, 0.2) is 11.6 Å². The van der Waals surface area contributed by atoms with E-state index in [4.69, 9.17) is 5.73 Å². The summed E-state index contributed by atoms with van der Waals surface area (Å²) >= 11 is 0. The maximum Gasteiger partial charge on any atom is 0.169 e. The second kappa shape index (κ2) is 3.49. The first-order valence-corrected chi connectivity index (χ1v) is 4.27. The molecule has 0 aromatic carbocycles. The van der Waals surface area contributed by atoms with Crippen molar-refractivity contribution < 1.29 is 4.39 Å². The van der Waals surface area contributed by atoms with Gasteiger partial charge in [-0.1, -0.05) is 0 Å². The lowest BCUT2D eigenvalue weighted by Gasteiger charge is -2.21. The first-order valence-electron chi connectivity index (χ1n) is 4.27. The van der Waals surface area contributed by atoms with E-state index in [0.717, 1.165) is 0 Å². The molecule has 0 amide bonds. The molecule has 1 aliphatic heterocycles. The summed E-state index contributed by atoms with van der Waals surface area (Å²) < 4.78 is 13.3. The van der Waals surface area contributed by atoms with Gasteiger partial charge in [0.05, 0.1) is 6.54 Å². The Hall–Kier alpha value is -1.84. The molecule has 1 aliphatic rings. The molecule has 1 aromatic heterocycles. The first-order chi connectivity index (χ1) is 6.77. The van der Waals surface area contributed by atoms with Gasteiger partial charge in [-0.05, 0) is 24.3 Å². The summed E-state index contributed by atoms with van der Waals surface area (Å²) in [5.74, 6) is -0.0355. The summed E-state index contributed by atoms with van der Waals surface area (Å²) in [5, 5.41) is 0. The van der Waals surface area contributed by atoms with Crippen molar-refractivity contribution in [2.45, 2.75) is 0 Å². The molecule has 2 N–H and O–H groups in total. The average molecular weight is 191 g/mol. The normalized spacial score (nSPS) is 15.5. The number of rotatable bonds is 1. The van der Waals surface area contributed by atoms with Gasteiger partial charge in [-0.25, -0.2) is 9.37 Å². The van der Waals surface area contributed by atoms with Gasteiger partial charge < -0.3 is 10.6 Å². The molecule has 0 unspecified atom stereocenters. The molecule has 1 aromatic rings. The molecular formula is C10H10FN3.